The van der Waals surface area contributed by atoms with Crippen LogP contribution in [0.1, 0.15) is 38.7 Å². The van der Waals surface area contributed by atoms with Crippen LogP contribution in [0.2, 0.25) is 0 Å². The lowest BCUT2D eigenvalue weighted by atomic mass is 10.0. The second kappa shape index (κ2) is 9.30. The summed E-state index contributed by atoms with van der Waals surface area (Å²) in [6.45, 7) is 5.15. The molecular formula is C19H28N2O4S. The zero-order valence-electron chi connectivity index (χ0n) is 15.3. The molecule has 0 aromatic heterocycles. The van der Waals surface area contributed by atoms with Gasteiger partial charge in [0.15, 0.2) is 0 Å². The van der Waals surface area contributed by atoms with Gasteiger partial charge in [0.1, 0.15) is 6.04 Å². The summed E-state index contributed by atoms with van der Waals surface area (Å²) in [7, 11) is -3.61. The molecule has 26 heavy (non-hydrogen) atoms. The molecule has 0 aliphatic carbocycles. The first-order valence-electron chi connectivity index (χ1n) is 8.99. The van der Waals surface area contributed by atoms with Crippen LogP contribution in [0.15, 0.2) is 35.7 Å². The van der Waals surface area contributed by atoms with Gasteiger partial charge in [-0.15, -0.1) is 0 Å². The van der Waals surface area contributed by atoms with Gasteiger partial charge in [0.05, 0.1) is 0 Å². The van der Waals surface area contributed by atoms with E-state index in [1.165, 1.54) is 5.41 Å². The highest BCUT2D eigenvalue weighted by atomic mass is 32.2. The molecule has 1 saturated heterocycles. The minimum Gasteiger partial charge on any atom is -0.480 e. The van der Waals surface area contributed by atoms with Crippen molar-refractivity contribution in [2.24, 2.45) is 5.92 Å². The topological polar surface area (TPSA) is 86.7 Å². The monoisotopic (exact) mass is 380 g/mol. The summed E-state index contributed by atoms with van der Waals surface area (Å²) in [6, 6.07) is 8.40. The smallest absolute Gasteiger partial charge is 0.320 e. The molecule has 1 aliphatic heterocycles. The number of aliphatic carboxylic acids is 1. The van der Waals surface area contributed by atoms with Gasteiger partial charge in [-0.3, -0.25) is 9.69 Å². The second-order valence-corrected chi connectivity index (χ2v) is 8.79. The number of hydrogen-bond donors (Lipinski definition) is 2. The van der Waals surface area contributed by atoms with Gasteiger partial charge in [0.2, 0.25) is 10.0 Å². The largest absolute Gasteiger partial charge is 0.480 e. The van der Waals surface area contributed by atoms with Crippen molar-refractivity contribution in [2.75, 3.05) is 13.1 Å². The summed E-state index contributed by atoms with van der Waals surface area (Å²) >= 11 is 0. The van der Waals surface area contributed by atoms with Gasteiger partial charge in [-0.05, 0) is 43.4 Å². The molecule has 0 radical (unpaired) electrons. The van der Waals surface area contributed by atoms with Crippen LogP contribution >= 0.6 is 0 Å². The predicted octanol–water partition coefficient (Wildman–Crippen LogP) is 2.54. The summed E-state index contributed by atoms with van der Waals surface area (Å²) in [4.78, 5) is 13.2. The molecule has 2 N–H and O–H groups in total. The number of carboxylic acids is 1. The number of nitrogens with one attached hydrogen (secondary N) is 1. The molecule has 0 amide bonds. The van der Waals surface area contributed by atoms with E-state index in [0.29, 0.717) is 31.8 Å². The van der Waals surface area contributed by atoms with Crippen molar-refractivity contribution < 1.29 is 18.3 Å². The van der Waals surface area contributed by atoms with Crippen LogP contribution in [-0.4, -0.2) is 49.6 Å². The first-order valence-corrected chi connectivity index (χ1v) is 10.5. The Morgan fingerprint density at radius 3 is 2.65 bits per heavy atom. The van der Waals surface area contributed by atoms with E-state index in [-0.39, 0.29) is 6.04 Å². The molecule has 1 fully saturated rings. The van der Waals surface area contributed by atoms with E-state index in [1.807, 2.05) is 49.1 Å². The van der Waals surface area contributed by atoms with E-state index >= 15 is 0 Å². The molecule has 1 aromatic rings. The van der Waals surface area contributed by atoms with E-state index in [9.17, 15) is 18.3 Å². The van der Waals surface area contributed by atoms with Crippen LogP contribution in [-0.2, 0) is 14.8 Å². The lowest BCUT2D eigenvalue weighted by Crippen LogP contribution is -2.47. The van der Waals surface area contributed by atoms with Gasteiger partial charge in [-0.2, -0.15) is 0 Å². The van der Waals surface area contributed by atoms with Crippen LogP contribution in [0, 0.1) is 5.92 Å². The summed E-state index contributed by atoms with van der Waals surface area (Å²) in [5.41, 5.74) is 0.809. The zero-order valence-corrected chi connectivity index (χ0v) is 16.2. The third-order valence-corrected chi connectivity index (χ3v) is 5.59. The maximum absolute atomic E-state index is 12.5. The summed E-state index contributed by atoms with van der Waals surface area (Å²) in [6.07, 6.45) is 3.66. The molecule has 1 aromatic carbocycles. The van der Waals surface area contributed by atoms with Gasteiger partial charge in [0.25, 0.3) is 0 Å². The normalized spacial score (nSPS) is 20.0. The van der Waals surface area contributed by atoms with Crippen LogP contribution < -0.4 is 4.72 Å². The van der Waals surface area contributed by atoms with E-state index < -0.39 is 22.0 Å². The van der Waals surface area contributed by atoms with Gasteiger partial charge in [-0.25, -0.2) is 13.1 Å². The maximum Gasteiger partial charge on any atom is 0.320 e. The number of carbonyl (C=O) groups is 1. The predicted molar refractivity (Wildman–Crippen MR) is 103 cm³/mol. The quantitative estimate of drug-likeness (QED) is 0.687. The summed E-state index contributed by atoms with van der Waals surface area (Å²) < 4.78 is 27.6. The van der Waals surface area contributed by atoms with Crippen LogP contribution in [0.3, 0.4) is 0 Å². The molecule has 1 unspecified atom stereocenters. The van der Waals surface area contributed by atoms with Crippen LogP contribution in [0.5, 0.6) is 0 Å². The molecule has 1 heterocycles. The highest BCUT2D eigenvalue weighted by Crippen LogP contribution is 2.19. The van der Waals surface area contributed by atoms with Gasteiger partial charge in [0, 0.05) is 18.0 Å². The molecule has 1 aliphatic rings. The van der Waals surface area contributed by atoms with Gasteiger partial charge >= 0.3 is 5.97 Å². The highest BCUT2D eigenvalue weighted by Gasteiger charge is 2.32. The van der Waals surface area contributed by atoms with Crippen LogP contribution in [0.4, 0.5) is 0 Å². The molecule has 2 atom stereocenters. The number of benzene rings is 1. The fraction of sp³-hybridized carbons (Fsp3) is 0.526. The molecule has 7 heteroatoms. The minimum atomic E-state index is -3.61. The highest BCUT2D eigenvalue weighted by molar-refractivity contribution is 7.92. The average Bonchev–Trinajstić information content (AvgIpc) is 3.01. The van der Waals surface area contributed by atoms with Crippen LogP contribution in [0.25, 0.3) is 6.08 Å². The fourth-order valence-corrected chi connectivity index (χ4v) is 4.39. The number of sulfonamides is 1. The maximum atomic E-state index is 12.5. The van der Waals surface area contributed by atoms with E-state index in [2.05, 4.69) is 4.72 Å². The van der Waals surface area contributed by atoms with Crippen molar-refractivity contribution in [1.29, 1.82) is 0 Å². The minimum absolute atomic E-state index is 0.298. The Bertz CT molecular complexity index is 716. The Kier molecular flexibility index (Phi) is 7.37. The molecule has 2 rings (SSSR count). The Balaban J connectivity index is 2.06. The molecule has 0 bridgehead atoms. The molecule has 144 valence electrons. The Labute approximate surface area is 156 Å². The van der Waals surface area contributed by atoms with Crippen molar-refractivity contribution in [3.63, 3.8) is 0 Å². The SMILES string of the molecule is CC(C)CC(CN1CCC[C@H]1C(=O)O)NS(=O)(=O)/C=C/c1ccccc1. The van der Waals surface area contributed by atoms with E-state index in [0.717, 1.165) is 12.0 Å². The molecule has 0 saturated carbocycles. The Hall–Kier alpha value is -1.70. The zero-order chi connectivity index (χ0) is 19.2. The van der Waals surface area contributed by atoms with E-state index in [4.69, 9.17) is 0 Å². The molecular weight excluding hydrogens is 352 g/mol. The number of nitrogens with zero attached hydrogens (tertiary/aromatic N) is 1. The summed E-state index contributed by atoms with van der Waals surface area (Å²) in [5, 5.41) is 10.5. The molecule has 0 spiro atoms. The Morgan fingerprint density at radius 2 is 2.04 bits per heavy atom. The number of carboxylic acid groups (broad SMARTS) is 1. The lowest BCUT2D eigenvalue weighted by molar-refractivity contribution is -0.142. The summed E-state index contributed by atoms with van der Waals surface area (Å²) in [5.74, 6) is -0.538. The number of likely N-dealkylation sites (tertiary alicyclic amines) is 1. The Morgan fingerprint density at radius 1 is 1.35 bits per heavy atom. The van der Waals surface area contributed by atoms with Crippen molar-refractivity contribution in [3.05, 3.63) is 41.3 Å². The van der Waals surface area contributed by atoms with E-state index in [1.54, 1.807) is 6.08 Å². The fourth-order valence-electron chi connectivity index (χ4n) is 3.34. The first-order chi connectivity index (χ1) is 12.3. The van der Waals surface area contributed by atoms with Crippen molar-refractivity contribution in [3.8, 4) is 0 Å². The number of hydrogen-bond acceptors (Lipinski definition) is 4. The van der Waals surface area contributed by atoms with Gasteiger partial charge < -0.3 is 5.11 Å². The average molecular weight is 381 g/mol. The van der Waals surface area contributed by atoms with Crippen molar-refractivity contribution in [2.45, 2.75) is 45.2 Å². The second-order valence-electron chi connectivity index (χ2n) is 7.19. The molecule has 6 nitrogen and oxygen atoms in total. The van der Waals surface area contributed by atoms with Gasteiger partial charge in [-0.1, -0.05) is 44.2 Å². The third-order valence-electron chi connectivity index (χ3n) is 4.43. The standard InChI is InChI=1S/C19H28N2O4S/c1-15(2)13-17(14-21-11-6-9-18(21)19(22)23)20-26(24,25)12-10-16-7-4-3-5-8-16/h3-5,7-8,10,12,15,17-18,20H,6,9,11,13-14H2,1-2H3,(H,22,23)/b12-10+/t17?,18-/m0/s1. The lowest BCUT2D eigenvalue weighted by Gasteiger charge is -2.28. The van der Waals surface area contributed by atoms with Crippen molar-refractivity contribution >= 4 is 22.1 Å². The first kappa shape index (κ1) is 20.6. The third kappa shape index (κ3) is 6.55. The van der Waals surface area contributed by atoms with Crippen molar-refractivity contribution in [1.82, 2.24) is 9.62 Å². The number of rotatable bonds is 9.